The molecule has 0 aliphatic heterocycles. The fourth-order valence-electron chi connectivity index (χ4n) is 2.14. The molecule has 1 aliphatic rings. The highest BCUT2D eigenvalue weighted by atomic mass is 79.9. The summed E-state index contributed by atoms with van der Waals surface area (Å²) in [5.41, 5.74) is 0.831. The van der Waals surface area contributed by atoms with Gasteiger partial charge in [0.05, 0.1) is 0 Å². The van der Waals surface area contributed by atoms with Crippen molar-refractivity contribution in [2.75, 3.05) is 6.26 Å². The van der Waals surface area contributed by atoms with Crippen LogP contribution < -0.4 is 0 Å². The van der Waals surface area contributed by atoms with Crippen LogP contribution in [0.15, 0.2) is 32.6 Å². The summed E-state index contributed by atoms with van der Waals surface area (Å²) >= 11 is 5.26. The van der Waals surface area contributed by atoms with Gasteiger partial charge in [0.15, 0.2) is 0 Å². The lowest BCUT2D eigenvalue weighted by Crippen LogP contribution is -2.32. The van der Waals surface area contributed by atoms with E-state index in [1.807, 2.05) is 18.4 Å². The fraction of sp³-hybridized carbons (Fsp3) is 0.417. The molecule has 0 amide bonds. The van der Waals surface area contributed by atoms with Crippen molar-refractivity contribution in [2.24, 2.45) is 4.99 Å². The van der Waals surface area contributed by atoms with Gasteiger partial charge in [0.25, 0.3) is 0 Å². The predicted molar refractivity (Wildman–Crippen MR) is 69.6 cm³/mol. The van der Waals surface area contributed by atoms with E-state index in [4.69, 9.17) is 0 Å². The molecule has 84 valence electrons. The van der Waals surface area contributed by atoms with Gasteiger partial charge in [0, 0.05) is 14.9 Å². The molecule has 0 N–H and O–H groups in total. The van der Waals surface area contributed by atoms with Crippen molar-refractivity contribution in [3.8, 4) is 0 Å². The Hall–Kier alpha value is -0.570. The second-order valence-electron chi connectivity index (χ2n) is 3.91. The lowest BCUT2D eigenvalue weighted by Gasteiger charge is -2.38. The number of thioether (sulfide) groups is 1. The van der Waals surface area contributed by atoms with Crippen LogP contribution in [0.4, 0.5) is 0 Å². The van der Waals surface area contributed by atoms with Gasteiger partial charge in [0.2, 0.25) is 6.08 Å². The van der Waals surface area contributed by atoms with Crippen LogP contribution in [0.25, 0.3) is 0 Å². The normalized spacial score (nSPS) is 17.4. The largest absolute Gasteiger partial charge is 0.235 e. The van der Waals surface area contributed by atoms with Crippen LogP contribution >= 0.6 is 27.7 Å². The van der Waals surface area contributed by atoms with Gasteiger partial charge < -0.3 is 0 Å². The SMILES string of the molecule is CSc1cccc(Br)c1C1(N=C=O)CCC1. The van der Waals surface area contributed by atoms with E-state index in [1.54, 1.807) is 17.8 Å². The van der Waals surface area contributed by atoms with Gasteiger partial charge in [0.1, 0.15) is 5.54 Å². The smallest absolute Gasteiger partial charge is 0.211 e. The standard InChI is InChI=1S/C12H12BrNOS/c1-16-10-5-2-4-9(13)11(10)12(14-8-15)6-3-7-12/h2,4-5H,3,6-7H2,1H3. The van der Waals surface area contributed by atoms with E-state index in [2.05, 4.69) is 27.0 Å². The average molecular weight is 298 g/mol. The summed E-state index contributed by atoms with van der Waals surface area (Å²) in [6.07, 6.45) is 6.79. The number of aliphatic imine (C=N–C) groups is 1. The molecule has 1 aliphatic carbocycles. The Morgan fingerprint density at radius 2 is 2.25 bits per heavy atom. The van der Waals surface area contributed by atoms with Crippen molar-refractivity contribution in [3.05, 3.63) is 28.2 Å². The number of hydrogen-bond acceptors (Lipinski definition) is 3. The van der Waals surface area contributed by atoms with Gasteiger partial charge in [-0.05, 0) is 37.7 Å². The quantitative estimate of drug-likeness (QED) is 0.481. The van der Waals surface area contributed by atoms with Gasteiger partial charge in [-0.3, -0.25) is 0 Å². The van der Waals surface area contributed by atoms with Crippen LogP contribution in [0.2, 0.25) is 0 Å². The van der Waals surface area contributed by atoms with E-state index >= 15 is 0 Å². The molecule has 2 nitrogen and oxygen atoms in total. The van der Waals surface area contributed by atoms with E-state index < -0.39 is 0 Å². The zero-order valence-electron chi connectivity index (χ0n) is 9.00. The van der Waals surface area contributed by atoms with Crippen molar-refractivity contribution in [1.29, 1.82) is 0 Å². The Kier molecular flexibility index (Phi) is 3.53. The summed E-state index contributed by atoms with van der Waals surface area (Å²) in [5, 5.41) is 0. The molecule has 0 aromatic heterocycles. The molecule has 0 radical (unpaired) electrons. The van der Waals surface area contributed by atoms with Crippen LogP contribution in [0.3, 0.4) is 0 Å². The Balaban J connectivity index is 2.57. The Morgan fingerprint density at radius 1 is 1.50 bits per heavy atom. The molecular formula is C12H12BrNOS. The van der Waals surface area contributed by atoms with Crippen molar-refractivity contribution >= 4 is 33.8 Å². The molecular weight excluding hydrogens is 286 g/mol. The summed E-state index contributed by atoms with van der Waals surface area (Å²) in [4.78, 5) is 15.8. The first-order chi connectivity index (χ1) is 7.73. The third-order valence-corrected chi connectivity index (χ3v) is 4.54. The molecule has 1 saturated carbocycles. The van der Waals surface area contributed by atoms with Crippen LogP contribution in [0, 0.1) is 0 Å². The van der Waals surface area contributed by atoms with Gasteiger partial charge in [-0.2, -0.15) is 4.99 Å². The molecule has 0 saturated heterocycles. The van der Waals surface area contributed by atoms with E-state index in [9.17, 15) is 4.79 Å². The van der Waals surface area contributed by atoms with Crippen molar-refractivity contribution in [3.63, 3.8) is 0 Å². The lowest BCUT2D eigenvalue weighted by atomic mass is 9.72. The maximum Gasteiger partial charge on any atom is 0.235 e. The molecule has 0 bridgehead atoms. The lowest BCUT2D eigenvalue weighted by molar-refractivity contribution is 0.250. The van der Waals surface area contributed by atoms with Crippen LogP contribution in [-0.4, -0.2) is 12.3 Å². The first-order valence-electron chi connectivity index (χ1n) is 5.15. The van der Waals surface area contributed by atoms with E-state index in [0.29, 0.717) is 0 Å². The summed E-state index contributed by atoms with van der Waals surface area (Å²) in [6, 6.07) is 6.09. The van der Waals surface area contributed by atoms with Crippen molar-refractivity contribution in [2.45, 2.75) is 29.7 Å². The average Bonchev–Trinajstić information content (AvgIpc) is 2.24. The molecule has 16 heavy (non-hydrogen) atoms. The van der Waals surface area contributed by atoms with Gasteiger partial charge in [-0.15, -0.1) is 11.8 Å². The monoisotopic (exact) mass is 297 g/mol. The number of isocyanates is 1. The minimum atomic E-state index is -0.319. The number of halogens is 1. The van der Waals surface area contributed by atoms with Crippen LogP contribution in [0.1, 0.15) is 24.8 Å². The first kappa shape index (κ1) is 11.9. The fourth-order valence-corrected chi connectivity index (χ4v) is 3.73. The van der Waals surface area contributed by atoms with Crippen LogP contribution in [0.5, 0.6) is 0 Å². The molecule has 1 aromatic rings. The Morgan fingerprint density at radius 3 is 2.75 bits per heavy atom. The molecule has 1 aromatic carbocycles. The molecule has 1 fully saturated rings. The zero-order chi connectivity index (χ0) is 11.6. The second kappa shape index (κ2) is 4.74. The minimum Gasteiger partial charge on any atom is -0.211 e. The first-order valence-corrected chi connectivity index (χ1v) is 7.17. The topological polar surface area (TPSA) is 29.4 Å². The van der Waals surface area contributed by atoms with E-state index in [-0.39, 0.29) is 5.54 Å². The number of benzene rings is 1. The zero-order valence-corrected chi connectivity index (χ0v) is 11.4. The minimum absolute atomic E-state index is 0.319. The third-order valence-electron chi connectivity index (χ3n) is 3.10. The molecule has 0 spiro atoms. The highest BCUT2D eigenvalue weighted by Gasteiger charge is 2.41. The van der Waals surface area contributed by atoms with Crippen molar-refractivity contribution in [1.82, 2.24) is 0 Å². The predicted octanol–water partition coefficient (Wildman–Crippen LogP) is 3.89. The number of nitrogens with zero attached hydrogens (tertiary/aromatic N) is 1. The van der Waals surface area contributed by atoms with Gasteiger partial charge >= 0.3 is 0 Å². The third kappa shape index (κ3) is 1.86. The second-order valence-corrected chi connectivity index (χ2v) is 5.61. The van der Waals surface area contributed by atoms with Crippen LogP contribution in [-0.2, 0) is 10.3 Å². The van der Waals surface area contributed by atoms with Gasteiger partial charge in [-0.25, -0.2) is 4.79 Å². The molecule has 4 heteroatoms. The molecule has 0 heterocycles. The number of hydrogen-bond donors (Lipinski definition) is 0. The van der Waals surface area contributed by atoms with E-state index in [1.165, 1.54) is 4.90 Å². The van der Waals surface area contributed by atoms with Gasteiger partial charge in [-0.1, -0.05) is 22.0 Å². The summed E-state index contributed by atoms with van der Waals surface area (Å²) in [6.45, 7) is 0. The maximum absolute atomic E-state index is 10.6. The van der Waals surface area contributed by atoms with E-state index in [0.717, 1.165) is 29.3 Å². The molecule has 0 unspecified atom stereocenters. The summed E-state index contributed by atoms with van der Waals surface area (Å²) in [7, 11) is 0. The summed E-state index contributed by atoms with van der Waals surface area (Å²) < 4.78 is 1.04. The molecule has 0 atom stereocenters. The van der Waals surface area contributed by atoms with Crippen molar-refractivity contribution < 1.29 is 4.79 Å². The maximum atomic E-state index is 10.6. The highest BCUT2D eigenvalue weighted by Crippen LogP contribution is 2.50. The molecule has 2 rings (SSSR count). The Labute approximate surface area is 108 Å². The Bertz CT molecular complexity index is 450. The number of rotatable bonds is 3. The number of carbonyl (C=O) groups excluding carboxylic acids is 1. The highest BCUT2D eigenvalue weighted by molar-refractivity contribution is 9.10. The summed E-state index contributed by atoms with van der Waals surface area (Å²) in [5.74, 6) is 0.